The minimum Gasteiger partial charge on any atom is -0.390 e. The topological polar surface area (TPSA) is 43.7 Å². The Labute approximate surface area is 92.1 Å². The van der Waals surface area contributed by atoms with Crippen LogP contribution in [0.15, 0.2) is 0 Å². The summed E-state index contributed by atoms with van der Waals surface area (Å²) in [5.41, 5.74) is -0.824. The minimum atomic E-state index is -0.824. The van der Waals surface area contributed by atoms with E-state index in [-0.39, 0.29) is 0 Å². The molecule has 3 heteroatoms. The van der Waals surface area contributed by atoms with Crippen molar-refractivity contribution in [2.45, 2.75) is 56.7 Å². The molecular weight excluding hydrogens is 190 g/mol. The van der Waals surface area contributed by atoms with E-state index in [9.17, 15) is 10.2 Å². The maximum Gasteiger partial charge on any atom is 0.103 e. The molecule has 0 aromatic carbocycles. The van der Waals surface area contributed by atoms with Crippen LogP contribution in [0.5, 0.6) is 0 Å². The molecule has 1 heterocycles. The molecule has 0 amide bonds. The molecule has 1 aliphatic carbocycles. The summed E-state index contributed by atoms with van der Waals surface area (Å²) < 4.78 is 0. The lowest BCUT2D eigenvalue weighted by Crippen LogP contribution is -2.53. The first kappa shape index (κ1) is 11.4. The van der Waals surface area contributed by atoms with Gasteiger partial charge in [-0.3, -0.25) is 0 Å². The zero-order valence-corrected chi connectivity index (χ0v) is 9.49. The van der Waals surface area contributed by atoms with Gasteiger partial charge in [-0.2, -0.15) is 0 Å². The monoisotopic (exact) mass is 213 g/mol. The second kappa shape index (κ2) is 4.81. The van der Waals surface area contributed by atoms with Crippen molar-refractivity contribution >= 4 is 0 Å². The molecule has 2 rings (SSSR count). The number of aliphatic hydroxyl groups excluding tert-OH is 1. The number of hydrogen-bond acceptors (Lipinski definition) is 3. The molecule has 1 saturated heterocycles. The molecule has 0 radical (unpaired) electrons. The standard InChI is InChI=1S/C12H23NO2/c14-11-6-2-3-7-12(11,15)10-13-8-4-1-5-9-13/h11,14-15H,1-10H2/t11-,12-/m0/s1. The van der Waals surface area contributed by atoms with Crippen LogP contribution in [0.25, 0.3) is 0 Å². The molecule has 0 bridgehead atoms. The molecule has 15 heavy (non-hydrogen) atoms. The summed E-state index contributed by atoms with van der Waals surface area (Å²) in [4.78, 5) is 2.32. The molecule has 2 fully saturated rings. The predicted octanol–water partition coefficient (Wildman–Crippen LogP) is 1.14. The number of β-amino-alcohol motifs (C(OH)–C–C–N with tert-alkyl or cyclic N) is 1. The van der Waals surface area contributed by atoms with Gasteiger partial charge in [0.25, 0.3) is 0 Å². The highest BCUT2D eigenvalue weighted by molar-refractivity contribution is 4.93. The summed E-state index contributed by atoms with van der Waals surface area (Å²) in [7, 11) is 0. The quantitative estimate of drug-likeness (QED) is 0.723. The van der Waals surface area contributed by atoms with Gasteiger partial charge in [0.15, 0.2) is 0 Å². The average Bonchev–Trinajstić information content (AvgIpc) is 2.24. The Kier molecular flexibility index (Phi) is 3.65. The first-order valence-electron chi connectivity index (χ1n) is 6.33. The molecule has 2 atom stereocenters. The fourth-order valence-corrected chi connectivity index (χ4v) is 2.89. The highest BCUT2D eigenvalue weighted by Gasteiger charge is 2.39. The van der Waals surface area contributed by atoms with Gasteiger partial charge >= 0.3 is 0 Å². The normalized spacial score (nSPS) is 39.2. The first-order chi connectivity index (χ1) is 7.21. The second-order valence-electron chi connectivity index (χ2n) is 5.20. The molecule has 0 unspecified atom stereocenters. The maximum absolute atomic E-state index is 10.4. The summed E-state index contributed by atoms with van der Waals surface area (Å²) in [6.07, 6.45) is 6.95. The summed E-state index contributed by atoms with van der Waals surface area (Å²) >= 11 is 0. The van der Waals surface area contributed by atoms with Gasteiger partial charge < -0.3 is 15.1 Å². The van der Waals surface area contributed by atoms with Gasteiger partial charge in [-0.1, -0.05) is 19.3 Å². The van der Waals surface area contributed by atoms with Crippen molar-refractivity contribution in [3.05, 3.63) is 0 Å². The molecule has 0 spiro atoms. The van der Waals surface area contributed by atoms with Crippen molar-refractivity contribution in [2.75, 3.05) is 19.6 Å². The zero-order valence-electron chi connectivity index (χ0n) is 9.49. The Morgan fingerprint density at radius 2 is 1.80 bits per heavy atom. The molecule has 2 N–H and O–H groups in total. The lowest BCUT2D eigenvalue weighted by Gasteiger charge is -2.41. The van der Waals surface area contributed by atoms with Gasteiger partial charge in [0.1, 0.15) is 5.60 Å². The van der Waals surface area contributed by atoms with E-state index in [1.54, 1.807) is 0 Å². The fraction of sp³-hybridized carbons (Fsp3) is 1.00. The molecule has 1 aliphatic heterocycles. The van der Waals surface area contributed by atoms with E-state index in [0.717, 1.165) is 38.8 Å². The van der Waals surface area contributed by atoms with Crippen LogP contribution in [0.2, 0.25) is 0 Å². The summed E-state index contributed by atoms with van der Waals surface area (Å²) in [5.74, 6) is 0. The van der Waals surface area contributed by atoms with E-state index in [4.69, 9.17) is 0 Å². The fourth-order valence-electron chi connectivity index (χ4n) is 2.89. The molecule has 1 saturated carbocycles. The number of aliphatic hydroxyl groups is 2. The summed E-state index contributed by atoms with van der Waals surface area (Å²) in [5, 5.41) is 20.3. The Balaban J connectivity index is 1.89. The van der Waals surface area contributed by atoms with Crippen LogP contribution in [0.4, 0.5) is 0 Å². The van der Waals surface area contributed by atoms with Gasteiger partial charge in [-0.25, -0.2) is 0 Å². The van der Waals surface area contributed by atoms with Gasteiger partial charge in [0.05, 0.1) is 6.10 Å². The molecule has 2 aliphatic rings. The molecular formula is C12H23NO2. The number of hydrogen-bond donors (Lipinski definition) is 2. The van der Waals surface area contributed by atoms with Crippen molar-refractivity contribution in [3.8, 4) is 0 Å². The number of nitrogens with zero attached hydrogens (tertiary/aromatic N) is 1. The lowest BCUT2D eigenvalue weighted by molar-refractivity contribution is -0.116. The lowest BCUT2D eigenvalue weighted by atomic mass is 9.81. The van der Waals surface area contributed by atoms with E-state index in [1.165, 1.54) is 19.3 Å². The van der Waals surface area contributed by atoms with E-state index in [1.807, 2.05) is 0 Å². The summed E-state index contributed by atoms with van der Waals surface area (Å²) in [6, 6.07) is 0. The number of rotatable bonds is 2. The van der Waals surface area contributed by atoms with Crippen molar-refractivity contribution in [1.82, 2.24) is 4.90 Å². The van der Waals surface area contributed by atoms with Gasteiger partial charge in [0.2, 0.25) is 0 Å². The highest BCUT2D eigenvalue weighted by atomic mass is 16.3. The molecule has 0 aromatic rings. The average molecular weight is 213 g/mol. The number of likely N-dealkylation sites (tertiary alicyclic amines) is 1. The van der Waals surface area contributed by atoms with Crippen LogP contribution in [0, 0.1) is 0 Å². The van der Waals surface area contributed by atoms with Crippen LogP contribution in [0.1, 0.15) is 44.9 Å². The van der Waals surface area contributed by atoms with E-state index in [2.05, 4.69) is 4.90 Å². The van der Waals surface area contributed by atoms with Gasteiger partial charge in [0, 0.05) is 6.54 Å². The van der Waals surface area contributed by atoms with Crippen LogP contribution in [-0.4, -0.2) is 46.5 Å². The maximum atomic E-state index is 10.4. The predicted molar refractivity (Wildman–Crippen MR) is 59.7 cm³/mol. The number of piperidine rings is 1. The SMILES string of the molecule is O[C@H]1CCCC[C@]1(O)CN1CCCCC1. The van der Waals surface area contributed by atoms with Crippen LogP contribution in [-0.2, 0) is 0 Å². The van der Waals surface area contributed by atoms with E-state index < -0.39 is 11.7 Å². The Morgan fingerprint density at radius 3 is 2.47 bits per heavy atom. The Bertz CT molecular complexity index is 204. The van der Waals surface area contributed by atoms with Crippen LogP contribution < -0.4 is 0 Å². The first-order valence-corrected chi connectivity index (χ1v) is 6.33. The third kappa shape index (κ3) is 2.71. The Morgan fingerprint density at radius 1 is 1.07 bits per heavy atom. The van der Waals surface area contributed by atoms with E-state index in [0.29, 0.717) is 6.54 Å². The molecule has 3 nitrogen and oxygen atoms in total. The smallest absolute Gasteiger partial charge is 0.103 e. The molecule has 88 valence electrons. The summed E-state index contributed by atoms with van der Waals surface area (Å²) in [6.45, 7) is 2.86. The largest absolute Gasteiger partial charge is 0.390 e. The zero-order chi connectivity index (χ0) is 10.7. The van der Waals surface area contributed by atoms with Crippen molar-refractivity contribution in [2.24, 2.45) is 0 Å². The van der Waals surface area contributed by atoms with Crippen LogP contribution in [0.3, 0.4) is 0 Å². The minimum absolute atomic E-state index is 0.506. The molecule has 0 aromatic heterocycles. The second-order valence-corrected chi connectivity index (χ2v) is 5.20. The highest BCUT2D eigenvalue weighted by Crippen LogP contribution is 2.30. The third-order valence-electron chi connectivity index (χ3n) is 3.90. The van der Waals surface area contributed by atoms with Gasteiger partial charge in [-0.15, -0.1) is 0 Å². The van der Waals surface area contributed by atoms with E-state index >= 15 is 0 Å². The van der Waals surface area contributed by atoms with Crippen molar-refractivity contribution in [1.29, 1.82) is 0 Å². The third-order valence-corrected chi connectivity index (χ3v) is 3.90. The van der Waals surface area contributed by atoms with Crippen molar-refractivity contribution < 1.29 is 10.2 Å². The van der Waals surface area contributed by atoms with Crippen LogP contribution >= 0.6 is 0 Å². The Hall–Kier alpha value is -0.120. The van der Waals surface area contributed by atoms with Crippen molar-refractivity contribution in [3.63, 3.8) is 0 Å². The van der Waals surface area contributed by atoms with Gasteiger partial charge in [-0.05, 0) is 38.8 Å².